The maximum absolute atomic E-state index is 6.83. The third kappa shape index (κ3) is 4.62. The molecule has 0 unspecified atom stereocenters. The highest BCUT2D eigenvalue weighted by Crippen LogP contribution is 2.55. The standard InChI is InChI=1S/C55H37NO2/c1-55(2)44-25-9-5-21-42(44)51-39(22-14-26-45(51)55)36-18-6-10-27-46(36)56(48-29-15-31-50-52(48)43-33-32-34-16-3-4-17-35(34)53(43)58-50)47-28-11-7-19-37(47)40-23-13-24-41-38-20-8-12-30-49(38)57-54(40)41/h3-33H,1-2H3. The van der Waals surface area contributed by atoms with Crippen molar-refractivity contribution in [1.29, 1.82) is 0 Å². The second kappa shape index (κ2) is 12.3. The van der Waals surface area contributed by atoms with E-state index in [-0.39, 0.29) is 5.41 Å². The lowest BCUT2D eigenvalue weighted by Crippen LogP contribution is -2.15. The molecule has 2 heterocycles. The number of fused-ring (bicyclic) bond motifs is 11. The molecule has 11 aromatic rings. The highest BCUT2D eigenvalue weighted by molar-refractivity contribution is 6.20. The third-order valence-corrected chi connectivity index (χ3v) is 12.5. The zero-order valence-corrected chi connectivity index (χ0v) is 32.2. The molecule has 3 heteroatoms. The molecule has 0 saturated heterocycles. The van der Waals surface area contributed by atoms with E-state index in [1.807, 2.05) is 6.07 Å². The summed E-state index contributed by atoms with van der Waals surface area (Å²) in [6.45, 7) is 4.70. The average molecular weight is 744 g/mol. The van der Waals surface area contributed by atoms with Gasteiger partial charge in [-0.15, -0.1) is 0 Å². The summed E-state index contributed by atoms with van der Waals surface area (Å²) in [6, 6.07) is 67.6. The molecule has 274 valence electrons. The van der Waals surface area contributed by atoms with Crippen LogP contribution < -0.4 is 4.90 Å². The Kier molecular flexibility index (Phi) is 6.98. The molecule has 0 bridgehead atoms. The topological polar surface area (TPSA) is 29.5 Å². The molecule has 0 atom stereocenters. The van der Waals surface area contributed by atoms with Crippen LogP contribution in [-0.2, 0) is 5.41 Å². The largest absolute Gasteiger partial charge is 0.455 e. The number of nitrogens with zero attached hydrogens (tertiary/aromatic N) is 1. The van der Waals surface area contributed by atoms with Gasteiger partial charge in [0.1, 0.15) is 22.3 Å². The summed E-state index contributed by atoms with van der Waals surface area (Å²) in [7, 11) is 0. The van der Waals surface area contributed by atoms with Gasteiger partial charge < -0.3 is 13.7 Å². The number of hydrogen-bond donors (Lipinski definition) is 0. The van der Waals surface area contributed by atoms with Crippen LogP contribution in [-0.4, -0.2) is 0 Å². The van der Waals surface area contributed by atoms with Crippen molar-refractivity contribution in [3.8, 4) is 33.4 Å². The molecule has 12 rings (SSSR count). The number of benzene rings is 9. The van der Waals surface area contributed by atoms with Gasteiger partial charge in [0.2, 0.25) is 0 Å². The van der Waals surface area contributed by atoms with Gasteiger partial charge in [-0.05, 0) is 69.6 Å². The van der Waals surface area contributed by atoms with Crippen molar-refractivity contribution in [1.82, 2.24) is 0 Å². The number of rotatable bonds is 5. The molecule has 0 amide bonds. The highest BCUT2D eigenvalue weighted by Gasteiger charge is 2.37. The van der Waals surface area contributed by atoms with Gasteiger partial charge in [0.15, 0.2) is 0 Å². The van der Waals surface area contributed by atoms with Gasteiger partial charge >= 0.3 is 0 Å². The minimum Gasteiger partial charge on any atom is -0.455 e. The van der Waals surface area contributed by atoms with Crippen molar-refractivity contribution in [2.24, 2.45) is 0 Å². The fraction of sp³-hybridized carbons (Fsp3) is 0.0545. The van der Waals surface area contributed by atoms with Crippen LogP contribution in [0.2, 0.25) is 0 Å². The lowest BCUT2D eigenvalue weighted by Gasteiger charge is -2.31. The molecule has 0 spiro atoms. The van der Waals surface area contributed by atoms with Crippen LogP contribution in [0.3, 0.4) is 0 Å². The summed E-state index contributed by atoms with van der Waals surface area (Å²) in [6.07, 6.45) is 0. The minimum absolute atomic E-state index is 0.126. The molecule has 58 heavy (non-hydrogen) atoms. The van der Waals surface area contributed by atoms with Crippen LogP contribution in [0.4, 0.5) is 17.1 Å². The first-order valence-electron chi connectivity index (χ1n) is 20.0. The third-order valence-electron chi connectivity index (χ3n) is 12.5. The Morgan fingerprint density at radius 3 is 1.76 bits per heavy atom. The number of furan rings is 2. The summed E-state index contributed by atoms with van der Waals surface area (Å²) < 4.78 is 13.5. The fourth-order valence-corrected chi connectivity index (χ4v) is 9.84. The Morgan fingerprint density at radius 1 is 0.362 bits per heavy atom. The lowest BCUT2D eigenvalue weighted by atomic mass is 9.82. The fourth-order valence-electron chi connectivity index (χ4n) is 9.84. The van der Waals surface area contributed by atoms with Gasteiger partial charge in [-0.2, -0.15) is 0 Å². The maximum atomic E-state index is 6.83. The molecule has 0 N–H and O–H groups in total. The van der Waals surface area contributed by atoms with Crippen LogP contribution >= 0.6 is 0 Å². The second-order valence-electron chi connectivity index (χ2n) is 16.0. The normalized spacial score (nSPS) is 13.1. The smallest absolute Gasteiger partial charge is 0.143 e. The predicted octanol–water partition coefficient (Wildman–Crippen LogP) is 15.7. The molecular formula is C55H37NO2. The van der Waals surface area contributed by atoms with E-state index < -0.39 is 0 Å². The summed E-state index contributed by atoms with van der Waals surface area (Å²) >= 11 is 0. The zero-order valence-electron chi connectivity index (χ0n) is 32.2. The van der Waals surface area contributed by atoms with E-state index in [1.54, 1.807) is 0 Å². The van der Waals surface area contributed by atoms with Gasteiger partial charge in [-0.1, -0.05) is 166 Å². The van der Waals surface area contributed by atoms with Crippen molar-refractivity contribution in [3.05, 3.63) is 199 Å². The van der Waals surface area contributed by atoms with Crippen LogP contribution in [0, 0.1) is 0 Å². The van der Waals surface area contributed by atoms with Gasteiger partial charge in [0.25, 0.3) is 0 Å². The SMILES string of the molecule is CC1(C)c2ccccc2-c2c(-c3ccccc3N(c3ccccc3-c3cccc4c3oc3ccccc34)c3cccc4oc5c6ccccc6ccc5c34)cccc21. The van der Waals surface area contributed by atoms with Gasteiger partial charge in [0.05, 0.1) is 22.4 Å². The molecule has 3 nitrogen and oxygen atoms in total. The molecule has 0 aliphatic heterocycles. The Balaban J connectivity index is 1.19. The molecule has 0 radical (unpaired) electrons. The van der Waals surface area contributed by atoms with Crippen LogP contribution in [0.5, 0.6) is 0 Å². The van der Waals surface area contributed by atoms with Crippen molar-refractivity contribution in [2.45, 2.75) is 19.3 Å². The van der Waals surface area contributed by atoms with E-state index in [0.29, 0.717) is 0 Å². The number of anilines is 3. The Hall–Kier alpha value is -7.36. The minimum atomic E-state index is -0.126. The average Bonchev–Trinajstić information content (AvgIpc) is 3.93. The first-order chi connectivity index (χ1) is 28.6. The van der Waals surface area contributed by atoms with Gasteiger partial charge in [-0.25, -0.2) is 0 Å². The van der Waals surface area contributed by atoms with Gasteiger partial charge in [-0.3, -0.25) is 0 Å². The quantitative estimate of drug-likeness (QED) is 0.176. The first-order valence-corrected chi connectivity index (χ1v) is 20.0. The maximum Gasteiger partial charge on any atom is 0.143 e. The lowest BCUT2D eigenvalue weighted by molar-refractivity contribution is 0.660. The van der Waals surface area contributed by atoms with Crippen LogP contribution in [0.15, 0.2) is 197 Å². The second-order valence-corrected chi connectivity index (χ2v) is 16.0. The summed E-state index contributed by atoms with van der Waals surface area (Å²) in [4.78, 5) is 2.46. The van der Waals surface area contributed by atoms with Crippen molar-refractivity contribution in [2.75, 3.05) is 4.90 Å². The number of hydrogen-bond acceptors (Lipinski definition) is 3. The van der Waals surface area contributed by atoms with Crippen molar-refractivity contribution in [3.63, 3.8) is 0 Å². The van der Waals surface area contributed by atoms with E-state index in [1.165, 1.54) is 27.8 Å². The summed E-state index contributed by atoms with van der Waals surface area (Å²) in [5.41, 5.74) is 16.3. The Morgan fingerprint density at radius 2 is 0.914 bits per heavy atom. The Bertz CT molecular complexity index is 3450. The van der Waals surface area contributed by atoms with E-state index >= 15 is 0 Å². The van der Waals surface area contributed by atoms with Crippen molar-refractivity contribution >= 4 is 71.7 Å². The molecule has 2 aromatic heterocycles. The Labute approximate surface area is 336 Å². The summed E-state index contributed by atoms with van der Waals surface area (Å²) in [5.74, 6) is 0. The van der Waals surface area contributed by atoms with E-state index in [0.717, 1.165) is 88.4 Å². The first kappa shape index (κ1) is 32.8. The molecule has 1 aliphatic carbocycles. The molecule has 0 saturated carbocycles. The summed E-state index contributed by atoms with van der Waals surface area (Å²) in [5, 5.41) is 6.63. The number of para-hydroxylation sites is 4. The van der Waals surface area contributed by atoms with Crippen LogP contribution in [0.1, 0.15) is 25.0 Å². The molecule has 0 fully saturated rings. The van der Waals surface area contributed by atoms with Gasteiger partial charge in [0, 0.05) is 43.7 Å². The predicted molar refractivity (Wildman–Crippen MR) is 242 cm³/mol. The molecule has 1 aliphatic rings. The van der Waals surface area contributed by atoms with Crippen LogP contribution in [0.25, 0.3) is 88.0 Å². The monoisotopic (exact) mass is 743 g/mol. The van der Waals surface area contributed by atoms with E-state index in [2.05, 4.69) is 201 Å². The molecular weight excluding hydrogens is 707 g/mol. The molecule has 9 aromatic carbocycles. The van der Waals surface area contributed by atoms with E-state index in [4.69, 9.17) is 8.83 Å². The zero-order chi connectivity index (χ0) is 38.5. The highest BCUT2D eigenvalue weighted by atomic mass is 16.3. The van der Waals surface area contributed by atoms with E-state index in [9.17, 15) is 0 Å². The van der Waals surface area contributed by atoms with Crippen molar-refractivity contribution < 1.29 is 8.83 Å².